The summed E-state index contributed by atoms with van der Waals surface area (Å²) >= 11 is 3.58. The molecule has 0 bridgehead atoms. The van der Waals surface area contributed by atoms with Crippen LogP contribution in [0.4, 0.5) is 5.00 Å². The molecule has 172 valence electrons. The minimum absolute atomic E-state index is 0.252. The molecule has 0 aliphatic carbocycles. The fourth-order valence-electron chi connectivity index (χ4n) is 4.39. The van der Waals surface area contributed by atoms with E-state index in [2.05, 4.69) is 72.8 Å². The van der Waals surface area contributed by atoms with Gasteiger partial charge < -0.3 is 4.74 Å². The molecule has 0 saturated heterocycles. The van der Waals surface area contributed by atoms with Crippen LogP contribution in [0.25, 0.3) is 0 Å². The van der Waals surface area contributed by atoms with Gasteiger partial charge in [-0.15, -0.1) is 11.3 Å². The van der Waals surface area contributed by atoms with E-state index in [1.165, 1.54) is 20.8 Å². The summed E-state index contributed by atoms with van der Waals surface area (Å²) in [5.41, 5.74) is 1.81. The molecular weight excluding hydrogens is 477 g/mol. The van der Waals surface area contributed by atoms with Crippen molar-refractivity contribution < 1.29 is 9.53 Å². The van der Waals surface area contributed by atoms with Gasteiger partial charge in [-0.25, -0.2) is 9.54 Å². The molecule has 0 fully saturated rings. The van der Waals surface area contributed by atoms with Crippen molar-refractivity contribution in [1.82, 2.24) is 0 Å². The van der Waals surface area contributed by atoms with Gasteiger partial charge in [0.2, 0.25) is 0 Å². The summed E-state index contributed by atoms with van der Waals surface area (Å²) in [6.07, 6.45) is 0.883. The Morgan fingerprint density at radius 1 is 0.882 bits per heavy atom. The third-order valence-corrected chi connectivity index (χ3v) is 12.0. The Hall–Kier alpha value is -2.59. The number of thioether (sulfide) groups is 1. The molecule has 5 rings (SSSR count). The zero-order chi connectivity index (χ0) is 23.4. The van der Waals surface area contributed by atoms with Crippen molar-refractivity contribution in [2.45, 2.75) is 19.1 Å². The van der Waals surface area contributed by atoms with Crippen LogP contribution in [-0.2, 0) is 16.9 Å². The van der Waals surface area contributed by atoms with Crippen LogP contribution < -0.4 is 15.9 Å². The Bertz CT molecular complexity index is 1230. The van der Waals surface area contributed by atoms with E-state index in [-0.39, 0.29) is 5.97 Å². The number of fused-ring (bicyclic) bond motifs is 1. The number of esters is 1. The third-order valence-electron chi connectivity index (χ3n) is 5.91. The fourth-order valence-corrected chi connectivity index (χ4v) is 10.6. The summed E-state index contributed by atoms with van der Waals surface area (Å²) in [5.74, 6) is 1.69. The number of hydrogen-bond acceptors (Lipinski definition) is 5. The van der Waals surface area contributed by atoms with Gasteiger partial charge in [0.25, 0.3) is 0 Å². The molecule has 3 aromatic carbocycles. The zero-order valence-electron chi connectivity index (χ0n) is 19.0. The quantitative estimate of drug-likeness (QED) is 0.222. The number of benzene rings is 3. The predicted octanol–water partition coefficient (Wildman–Crippen LogP) is 6.52. The number of carbonyl (C=O) groups is 1. The molecule has 2 heterocycles. The van der Waals surface area contributed by atoms with Gasteiger partial charge in [0, 0.05) is 26.5 Å². The molecule has 0 spiro atoms. The first kappa shape index (κ1) is 23.2. The lowest BCUT2D eigenvalue weighted by atomic mass is 10.1. The van der Waals surface area contributed by atoms with E-state index in [0.717, 1.165) is 28.5 Å². The normalized spacial score (nSPS) is 13.2. The lowest BCUT2D eigenvalue weighted by Gasteiger charge is -2.26. The van der Waals surface area contributed by atoms with E-state index in [4.69, 9.17) is 9.48 Å². The van der Waals surface area contributed by atoms with Crippen LogP contribution >= 0.6 is 30.2 Å². The fraction of sp³-hybridized carbons (Fsp3) is 0.179. The van der Waals surface area contributed by atoms with Gasteiger partial charge in [-0.1, -0.05) is 91.0 Å². The van der Waals surface area contributed by atoms with Gasteiger partial charge in [0.15, 0.2) is 0 Å². The molecule has 0 N–H and O–H groups in total. The topological polar surface area (TPSA) is 38.7 Å². The van der Waals surface area contributed by atoms with Gasteiger partial charge in [-0.3, -0.25) is 0 Å². The van der Waals surface area contributed by atoms with Crippen molar-refractivity contribution >= 4 is 57.0 Å². The monoisotopic (exact) mass is 503 g/mol. The first-order chi connectivity index (χ1) is 16.7. The van der Waals surface area contributed by atoms with E-state index in [1.807, 2.05) is 36.9 Å². The second kappa shape index (κ2) is 10.4. The minimum atomic E-state index is -2.45. The maximum Gasteiger partial charge on any atom is 0.341 e. The minimum Gasteiger partial charge on any atom is -0.462 e. The van der Waals surface area contributed by atoms with Crippen LogP contribution in [0, 0.1) is 0 Å². The molecule has 1 aliphatic heterocycles. The molecule has 0 unspecified atom stereocenters. The molecule has 3 nitrogen and oxygen atoms in total. The average Bonchev–Trinajstić information content (AvgIpc) is 3.27. The van der Waals surface area contributed by atoms with E-state index in [1.54, 1.807) is 11.3 Å². The summed E-state index contributed by atoms with van der Waals surface area (Å²) in [6.45, 7) is 2.21. The second-order valence-corrected chi connectivity index (χ2v) is 13.2. The lowest BCUT2D eigenvalue weighted by molar-refractivity contribution is 0.0526. The maximum atomic E-state index is 13.2. The number of nitrogens with zero attached hydrogens (tertiary/aromatic N) is 1. The summed E-state index contributed by atoms with van der Waals surface area (Å²) in [4.78, 5) is 14.5. The van der Waals surface area contributed by atoms with Crippen LogP contribution in [0.2, 0.25) is 0 Å². The van der Waals surface area contributed by atoms with Crippen molar-refractivity contribution in [2.75, 3.05) is 12.4 Å². The van der Waals surface area contributed by atoms with Crippen molar-refractivity contribution in [1.29, 1.82) is 0 Å². The predicted molar refractivity (Wildman–Crippen MR) is 147 cm³/mol. The highest BCUT2D eigenvalue weighted by Gasteiger charge is 2.32. The maximum absolute atomic E-state index is 13.2. The molecule has 4 aromatic rings. The standard InChI is InChI=1S/C28H26NO2PS2/c1-2-31-28(30)26-24-18-19-33-20-25(24)34-27(26)29-32(21-12-6-3-7-13-21,22-14-8-4-9-15-22)23-16-10-5-11-17-23/h3-17H,2,18-20H2,1H3. The Labute approximate surface area is 209 Å². The number of thiophene rings is 1. The van der Waals surface area contributed by atoms with E-state index in [0.29, 0.717) is 12.2 Å². The Balaban J connectivity index is 1.89. The number of carbonyl (C=O) groups excluding carboxylic acids is 1. The number of hydrogen-bond donors (Lipinski definition) is 0. The largest absolute Gasteiger partial charge is 0.462 e. The lowest BCUT2D eigenvalue weighted by Crippen LogP contribution is -2.25. The van der Waals surface area contributed by atoms with Crippen molar-refractivity contribution in [3.8, 4) is 0 Å². The first-order valence-electron chi connectivity index (χ1n) is 11.4. The van der Waals surface area contributed by atoms with Crippen molar-refractivity contribution in [3.05, 3.63) is 107 Å². The summed E-state index contributed by atoms with van der Waals surface area (Å²) < 4.78 is 11.2. The smallest absolute Gasteiger partial charge is 0.341 e. The van der Waals surface area contributed by atoms with Crippen molar-refractivity contribution in [2.24, 2.45) is 4.74 Å². The van der Waals surface area contributed by atoms with Crippen LogP contribution in [0.3, 0.4) is 0 Å². The summed E-state index contributed by atoms with van der Waals surface area (Å²) in [5, 5.41) is 4.31. The Morgan fingerprint density at radius 2 is 1.41 bits per heavy atom. The molecule has 0 radical (unpaired) electrons. The molecule has 0 atom stereocenters. The highest BCUT2D eigenvalue weighted by molar-refractivity contribution is 7.98. The van der Waals surface area contributed by atoms with E-state index >= 15 is 0 Å². The molecule has 0 amide bonds. The van der Waals surface area contributed by atoms with Gasteiger partial charge in [-0.2, -0.15) is 11.8 Å². The number of rotatable bonds is 6. The average molecular weight is 504 g/mol. The molecular formula is C28H26NO2PS2. The van der Waals surface area contributed by atoms with Crippen molar-refractivity contribution in [3.63, 3.8) is 0 Å². The van der Waals surface area contributed by atoms with Crippen LogP contribution in [0.1, 0.15) is 27.7 Å². The highest BCUT2D eigenvalue weighted by Crippen LogP contribution is 2.53. The van der Waals surface area contributed by atoms with Crippen LogP contribution in [0.15, 0.2) is 95.7 Å². The van der Waals surface area contributed by atoms with Gasteiger partial charge in [0.05, 0.1) is 19.2 Å². The van der Waals surface area contributed by atoms with Gasteiger partial charge in [0.1, 0.15) is 5.00 Å². The van der Waals surface area contributed by atoms with Gasteiger partial charge >= 0.3 is 5.97 Å². The summed E-state index contributed by atoms with van der Waals surface area (Å²) in [6, 6.07) is 31.6. The van der Waals surface area contributed by atoms with E-state index < -0.39 is 7.05 Å². The molecule has 0 saturated carbocycles. The van der Waals surface area contributed by atoms with Gasteiger partial charge in [-0.05, 0) is 24.7 Å². The van der Waals surface area contributed by atoms with Crippen LogP contribution in [-0.4, -0.2) is 18.3 Å². The SMILES string of the molecule is CCOC(=O)c1c(N=P(c2ccccc2)(c2ccccc2)c2ccccc2)sc2c1CCSC2. The van der Waals surface area contributed by atoms with E-state index in [9.17, 15) is 4.79 Å². The highest BCUT2D eigenvalue weighted by atomic mass is 32.2. The third kappa shape index (κ3) is 4.29. The Morgan fingerprint density at radius 3 is 1.91 bits per heavy atom. The molecule has 1 aromatic heterocycles. The zero-order valence-corrected chi connectivity index (χ0v) is 21.5. The number of ether oxygens (including phenoxy) is 1. The molecule has 6 heteroatoms. The Kier molecular flexibility index (Phi) is 7.05. The second-order valence-electron chi connectivity index (χ2n) is 7.95. The first-order valence-corrected chi connectivity index (χ1v) is 15.1. The summed E-state index contributed by atoms with van der Waals surface area (Å²) in [7, 11) is -2.45. The molecule has 1 aliphatic rings. The van der Waals surface area contributed by atoms with Crippen LogP contribution in [0.5, 0.6) is 0 Å². The molecule has 34 heavy (non-hydrogen) atoms.